The number of anilines is 1. The van der Waals surface area contributed by atoms with E-state index in [1.54, 1.807) is 11.3 Å². The van der Waals surface area contributed by atoms with Crippen molar-refractivity contribution in [3.63, 3.8) is 0 Å². The van der Waals surface area contributed by atoms with Gasteiger partial charge in [0.1, 0.15) is 0 Å². The minimum absolute atomic E-state index is 0.647. The minimum atomic E-state index is 0.647. The normalized spacial score (nSPS) is 24.4. The lowest BCUT2D eigenvalue weighted by molar-refractivity contribution is 0.928. The van der Waals surface area contributed by atoms with Crippen LogP contribution >= 0.6 is 27.3 Å². The van der Waals surface area contributed by atoms with Crippen molar-refractivity contribution in [3.8, 4) is 0 Å². The molecule has 1 fully saturated rings. The van der Waals surface area contributed by atoms with Gasteiger partial charge in [-0.2, -0.15) is 0 Å². The summed E-state index contributed by atoms with van der Waals surface area (Å²) in [7, 11) is 0. The van der Waals surface area contributed by atoms with E-state index in [0.717, 1.165) is 21.0 Å². The van der Waals surface area contributed by atoms with Crippen LogP contribution in [-0.4, -0.2) is 11.0 Å². The Morgan fingerprint density at radius 3 is 3.07 bits per heavy atom. The monoisotopic (exact) mass is 282 g/mol. The Hall–Kier alpha value is -0.610. The zero-order valence-corrected chi connectivity index (χ0v) is 10.7. The van der Waals surface area contributed by atoms with Crippen LogP contribution in [0.4, 0.5) is 5.13 Å². The van der Waals surface area contributed by atoms with E-state index < -0.39 is 0 Å². The van der Waals surface area contributed by atoms with Gasteiger partial charge < -0.3 is 5.32 Å². The van der Waals surface area contributed by atoms with Gasteiger partial charge in [-0.25, -0.2) is 4.98 Å². The van der Waals surface area contributed by atoms with Crippen molar-refractivity contribution in [3.05, 3.63) is 22.7 Å². The maximum absolute atomic E-state index is 4.56. The SMILES string of the molecule is CC1CC1Nc1nc2ccc(Br)cc2s1. The number of aromatic nitrogens is 1. The van der Waals surface area contributed by atoms with E-state index in [-0.39, 0.29) is 0 Å². The largest absolute Gasteiger partial charge is 0.358 e. The van der Waals surface area contributed by atoms with Gasteiger partial charge in [-0.05, 0) is 30.5 Å². The molecule has 2 atom stereocenters. The highest BCUT2D eigenvalue weighted by atomic mass is 79.9. The quantitative estimate of drug-likeness (QED) is 0.904. The van der Waals surface area contributed by atoms with Crippen molar-refractivity contribution in [1.29, 1.82) is 0 Å². The zero-order chi connectivity index (χ0) is 10.4. The molecule has 0 spiro atoms. The molecule has 2 nitrogen and oxygen atoms in total. The van der Waals surface area contributed by atoms with Crippen LogP contribution in [0.1, 0.15) is 13.3 Å². The van der Waals surface area contributed by atoms with E-state index in [9.17, 15) is 0 Å². The zero-order valence-electron chi connectivity index (χ0n) is 8.33. The number of thiazole rings is 1. The molecule has 1 aromatic carbocycles. The number of hydrogen-bond acceptors (Lipinski definition) is 3. The number of rotatable bonds is 2. The van der Waals surface area contributed by atoms with Gasteiger partial charge in [-0.15, -0.1) is 0 Å². The van der Waals surface area contributed by atoms with Gasteiger partial charge in [0.15, 0.2) is 5.13 Å². The first kappa shape index (κ1) is 9.60. The highest BCUT2D eigenvalue weighted by Crippen LogP contribution is 2.35. The summed E-state index contributed by atoms with van der Waals surface area (Å²) < 4.78 is 2.35. The van der Waals surface area contributed by atoms with Crippen LogP contribution in [0.2, 0.25) is 0 Å². The molecule has 1 heterocycles. The van der Waals surface area contributed by atoms with E-state index in [0.29, 0.717) is 6.04 Å². The van der Waals surface area contributed by atoms with Gasteiger partial charge in [0, 0.05) is 10.5 Å². The van der Waals surface area contributed by atoms with Gasteiger partial charge in [-0.3, -0.25) is 0 Å². The fraction of sp³-hybridized carbons (Fsp3) is 0.364. The number of benzene rings is 1. The van der Waals surface area contributed by atoms with E-state index in [1.165, 1.54) is 11.1 Å². The summed E-state index contributed by atoms with van der Waals surface area (Å²) >= 11 is 5.20. The Labute approximate surface area is 101 Å². The third-order valence-electron chi connectivity index (χ3n) is 2.77. The summed E-state index contributed by atoms with van der Waals surface area (Å²) in [6.45, 7) is 2.27. The Morgan fingerprint density at radius 1 is 1.53 bits per heavy atom. The average Bonchev–Trinajstić information content (AvgIpc) is 2.75. The predicted molar refractivity (Wildman–Crippen MR) is 68.5 cm³/mol. The maximum atomic E-state index is 4.56. The molecule has 1 aliphatic rings. The third kappa shape index (κ3) is 1.88. The average molecular weight is 283 g/mol. The van der Waals surface area contributed by atoms with E-state index >= 15 is 0 Å². The molecule has 4 heteroatoms. The molecule has 0 saturated heterocycles. The van der Waals surface area contributed by atoms with Crippen molar-refractivity contribution in [2.45, 2.75) is 19.4 Å². The molecular formula is C11H11BrN2S. The van der Waals surface area contributed by atoms with Crippen LogP contribution in [0.25, 0.3) is 10.2 Å². The van der Waals surface area contributed by atoms with Gasteiger partial charge in [0.25, 0.3) is 0 Å². The first-order valence-corrected chi connectivity index (χ1v) is 6.66. The van der Waals surface area contributed by atoms with Crippen molar-refractivity contribution in [1.82, 2.24) is 4.98 Å². The van der Waals surface area contributed by atoms with Crippen LogP contribution in [0.5, 0.6) is 0 Å². The Kier molecular flexibility index (Phi) is 2.21. The van der Waals surface area contributed by atoms with Gasteiger partial charge in [0.2, 0.25) is 0 Å². The smallest absolute Gasteiger partial charge is 0.184 e. The first-order valence-electron chi connectivity index (χ1n) is 5.05. The van der Waals surface area contributed by atoms with Crippen molar-refractivity contribution < 1.29 is 0 Å². The maximum Gasteiger partial charge on any atom is 0.184 e. The fourth-order valence-electron chi connectivity index (χ4n) is 1.64. The number of hydrogen-bond donors (Lipinski definition) is 1. The standard InChI is InChI=1S/C11H11BrN2S/c1-6-4-9(6)14-11-13-8-3-2-7(12)5-10(8)15-11/h2-3,5-6,9H,4H2,1H3,(H,13,14). The lowest BCUT2D eigenvalue weighted by Gasteiger charge is -1.96. The van der Waals surface area contributed by atoms with E-state index in [4.69, 9.17) is 0 Å². The van der Waals surface area contributed by atoms with Crippen LogP contribution in [-0.2, 0) is 0 Å². The minimum Gasteiger partial charge on any atom is -0.358 e. The molecule has 1 aromatic heterocycles. The van der Waals surface area contributed by atoms with Crippen molar-refractivity contribution in [2.24, 2.45) is 5.92 Å². The topological polar surface area (TPSA) is 24.9 Å². The molecule has 1 aliphatic carbocycles. The summed E-state index contributed by atoms with van der Waals surface area (Å²) in [4.78, 5) is 4.56. The number of halogens is 1. The molecule has 3 rings (SSSR count). The molecule has 1 N–H and O–H groups in total. The van der Waals surface area contributed by atoms with Crippen LogP contribution in [0.3, 0.4) is 0 Å². The summed E-state index contributed by atoms with van der Waals surface area (Å²) in [5.41, 5.74) is 1.08. The van der Waals surface area contributed by atoms with E-state index in [2.05, 4.69) is 45.3 Å². The van der Waals surface area contributed by atoms with Crippen LogP contribution < -0.4 is 5.32 Å². The second kappa shape index (κ2) is 3.46. The number of nitrogens with zero attached hydrogens (tertiary/aromatic N) is 1. The molecule has 0 amide bonds. The van der Waals surface area contributed by atoms with Crippen LogP contribution in [0.15, 0.2) is 22.7 Å². The highest BCUT2D eigenvalue weighted by molar-refractivity contribution is 9.10. The number of nitrogens with one attached hydrogen (secondary N) is 1. The second-order valence-corrected chi connectivity index (χ2v) is 6.04. The fourth-order valence-corrected chi connectivity index (χ4v) is 3.12. The number of fused-ring (bicyclic) bond motifs is 1. The van der Waals surface area contributed by atoms with Crippen molar-refractivity contribution >= 4 is 42.6 Å². The molecule has 78 valence electrons. The third-order valence-corrected chi connectivity index (χ3v) is 4.21. The van der Waals surface area contributed by atoms with Gasteiger partial charge >= 0.3 is 0 Å². The second-order valence-electron chi connectivity index (χ2n) is 4.09. The molecule has 0 bridgehead atoms. The summed E-state index contributed by atoms with van der Waals surface area (Å²) in [5, 5.41) is 4.52. The van der Waals surface area contributed by atoms with Crippen LogP contribution in [0, 0.1) is 5.92 Å². The molecule has 1 saturated carbocycles. The van der Waals surface area contributed by atoms with Gasteiger partial charge in [0.05, 0.1) is 10.2 Å². The predicted octanol–water partition coefficient (Wildman–Crippen LogP) is 3.88. The summed E-state index contributed by atoms with van der Waals surface area (Å²) in [5.74, 6) is 0.809. The molecular weight excluding hydrogens is 272 g/mol. The van der Waals surface area contributed by atoms with E-state index in [1.807, 2.05) is 6.07 Å². The summed E-state index contributed by atoms with van der Waals surface area (Å²) in [6.07, 6.45) is 1.28. The Balaban J connectivity index is 1.92. The molecule has 15 heavy (non-hydrogen) atoms. The van der Waals surface area contributed by atoms with Crippen molar-refractivity contribution in [2.75, 3.05) is 5.32 Å². The first-order chi connectivity index (χ1) is 7.22. The van der Waals surface area contributed by atoms with Gasteiger partial charge in [-0.1, -0.05) is 34.2 Å². The highest BCUT2D eigenvalue weighted by Gasteiger charge is 2.32. The Bertz CT molecular complexity index is 508. The molecule has 0 radical (unpaired) electrons. The molecule has 2 unspecified atom stereocenters. The lowest BCUT2D eigenvalue weighted by Crippen LogP contribution is -2.02. The Morgan fingerprint density at radius 2 is 2.33 bits per heavy atom. The molecule has 0 aliphatic heterocycles. The molecule has 2 aromatic rings. The lowest BCUT2D eigenvalue weighted by atomic mass is 10.3. The summed E-state index contributed by atoms with van der Waals surface area (Å²) in [6, 6.07) is 6.85.